The van der Waals surface area contributed by atoms with E-state index in [0.717, 1.165) is 17.1 Å². The molecule has 0 bridgehead atoms. The quantitative estimate of drug-likeness (QED) is 0.201. The van der Waals surface area contributed by atoms with Crippen molar-refractivity contribution in [2.24, 2.45) is 5.92 Å². The summed E-state index contributed by atoms with van der Waals surface area (Å²) in [5, 5.41) is 9.98. The van der Waals surface area contributed by atoms with Crippen molar-refractivity contribution in [1.82, 2.24) is 9.80 Å². The third-order valence-corrected chi connectivity index (χ3v) is 9.78. The Balaban J connectivity index is 1.34. The van der Waals surface area contributed by atoms with Gasteiger partial charge in [0.15, 0.2) is 0 Å². The molecule has 0 unspecified atom stereocenters. The molecule has 10 nitrogen and oxygen atoms in total. The number of aliphatic hydroxyl groups excluding tert-OH is 1. The van der Waals surface area contributed by atoms with Gasteiger partial charge in [0.1, 0.15) is 29.1 Å². The number of para-hydroxylation sites is 1. The van der Waals surface area contributed by atoms with Crippen molar-refractivity contribution in [1.29, 1.82) is 0 Å². The van der Waals surface area contributed by atoms with Crippen LogP contribution in [0, 0.1) is 5.92 Å². The highest BCUT2D eigenvalue weighted by molar-refractivity contribution is 7.92. The second-order valence-electron chi connectivity index (χ2n) is 12.2. The van der Waals surface area contributed by atoms with Gasteiger partial charge in [-0.05, 0) is 86.3 Å². The van der Waals surface area contributed by atoms with Crippen LogP contribution in [0.5, 0.6) is 23.0 Å². The van der Waals surface area contributed by atoms with E-state index in [-0.39, 0.29) is 35.9 Å². The molecule has 0 saturated heterocycles. The predicted octanol–water partition coefficient (Wildman–Crippen LogP) is 5.57. The molecule has 1 aliphatic rings. The topological polar surface area (TPSA) is 118 Å². The first-order chi connectivity index (χ1) is 23.0. The summed E-state index contributed by atoms with van der Waals surface area (Å²) in [5.41, 5.74) is 1.97. The second-order valence-corrected chi connectivity index (χ2v) is 13.9. The second kappa shape index (κ2) is 15.5. The van der Waals surface area contributed by atoms with E-state index in [2.05, 4.69) is 9.62 Å². The first kappa shape index (κ1) is 34.7. The van der Waals surface area contributed by atoms with E-state index in [1.54, 1.807) is 35.2 Å². The number of fused-ring (bicyclic) bond motifs is 1. The van der Waals surface area contributed by atoms with Gasteiger partial charge in [-0.3, -0.25) is 14.4 Å². The van der Waals surface area contributed by atoms with Crippen molar-refractivity contribution in [3.05, 3.63) is 108 Å². The molecule has 5 rings (SSSR count). The number of rotatable bonds is 12. The van der Waals surface area contributed by atoms with Gasteiger partial charge in [-0.15, -0.1) is 0 Å². The van der Waals surface area contributed by atoms with E-state index in [1.165, 1.54) is 19.2 Å². The van der Waals surface area contributed by atoms with Crippen molar-refractivity contribution >= 4 is 21.6 Å². The Morgan fingerprint density at radius 3 is 2.31 bits per heavy atom. The molecule has 11 heteroatoms. The number of amides is 1. The van der Waals surface area contributed by atoms with E-state index in [4.69, 9.17) is 14.2 Å². The van der Waals surface area contributed by atoms with E-state index < -0.39 is 16.1 Å². The van der Waals surface area contributed by atoms with Gasteiger partial charge in [-0.1, -0.05) is 37.3 Å². The van der Waals surface area contributed by atoms with Gasteiger partial charge >= 0.3 is 0 Å². The number of likely N-dealkylation sites (N-methyl/N-ethyl adjacent to an activating group) is 1. The summed E-state index contributed by atoms with van der Waals surface area (Å²) in [6.07, 6.45) is -0.319. The molecule has 1 amide bonds. The van der Waals surface area contributed by atoms with Gasteiger partial charge in [-0.2, -0.15) is 0 Å². The maximum absolute atomic E-state index is 13.6. The number of nitrogens with zero attached hydrogens (tertiary/aromatic N) is 2. The Morgan fingerprint density at radius 1 is 0.979 bits per heavy atom. The summed E-state index contributed by atoms with van der Waals surface area (Å²) in [6, 6.07) is 28.3. The molecular weight excluding hydrogens is 630 g/mol. The third-order valence-electron chi connectivity index (χ3n) is 8.38. The first-order valence-electron chi connectivity index (χ1n) is 15.9. The minimum atomic E-state index is -3.90. The first-order valence-corrected chi connectivity index (χ1v) is 17.4. The number of anilines is 1. The van der Waals surface area contributed by atoms with Gasteiger partial charge in [-0.25, -0.2) is 8.42 Å². The Bertz CT molecular complexity index is 1770. The van der Waals surface area contributed by atoms with Crippen LogP contribution in [0.25, 0.3) is 0 Å². The number of benzene rings is 4. The van der Waals surface area contributed by atoms with Crippen LogP contribution in [0.2, 0.25) is 0 Å². The van der Waals surface area contributed by atoms with E-state index >= 15 is 0 Å². The van der Waals surface area contributed by atoms with Crippen LogP contribution in [-0.2, 0) is 27.8 Å². The number of carbonyl (C=O) groups is 1. The molecule has 0 radical (unpaired) electrons. The minimum Gasteiger partial charge on any atom is -0.497 e. The fourth-order valence-corrected chi connectivity index (χ4v) is 6.70. The number of ether oxygens (including phenoxy) is 3. The molecule has 3 atom stereocenters. The van der Waals surface area contributed by atoms with Gasteiger partial charge in [0.25, 0.3) is 10.0 Å². The average molecular weight is 674 g/mol. The molecule has 254 valence electrons. The Morgan fingerprint density at radius 2 is 1.65 bits per heavy atom. The number of sulfonamides is 1. The van der Waals surface area contributed by atoms with E-state index in [1.807, 2.05) is 75.5 Å². The Kier molecular flexibility index (Phi) is 11.3. The average Bonchev–Trinajstić information content (AvgIpc) is 3.12. The van der Waals surface area contributed by atoms with Gasteiger partial charge in [0.2, 0.25) is 5.91 Å². The molecule has 0 aliphatic carbocycles. The number of hydrogen-bond acceptors (Lipinski definition) is 8. The summed E-state index contributed by atoms with van der Waals surface area (Å²) in [7, 11) is -0.369. The maximum atomic E-state index is 13.6. The largest absolute Gasteiger partial charge is 0.497 e. The van der Waals surface area contributed by atoms with Crippen molar-refractivity contribution in [2.75, 3.05) is 38.6 Å². The fraction of sp³-hybridized carbons (Fsp3) is 0.324. The molecule has 4 aromatic rings. The summed E-state index contributed by atoms with van der Waals surface area (Å²) >= 11 is 0. The van der Waals surface area contributed by atoms with E-state index in [0.29, 0.717) is 42.4 Å². The number of aliphatic hydroxyl groups is 1. The lowest BCUT2D eigenvalue weighted by Crippen LogP contribution is -2.47. The number of carbonyl (C=O) groups excluding carboxylic acids is 1. The Hall–Kier alpha value is -4.58. The number of hydrogen-bond donors (Lipinski definition) is 2. The highest BCUT2D eigenvalue weighted by atomic mass is 32.2. The monoisotopic (exact) mass is 673 g/mol. The normalized spacial score (nSPS) is 17.4. The molecule has 48 heavy (non-hydrogen) atoms. The van der Waals surface area contributed by atoms with Crippen molar-refractivity contribution in [2.45, 2.75) is 43.9 Å². The zero-order valence-electron chi connectivity index (χ0n) is 27.7. The van der Waals surface area contributed by atoms with Crippen LogP contribution in [0.3, 0.4) is 0 Å². The van der Waals surface area contributed by atoms with Crippen LogP contribution in [0.15, 0.2) is 102 Å². The minimum absolute atomic E-state index is 0.00947. The van der Waals surface area contributed by atoms with Gasteiger partial charge in [0, 0.05) is 36.8 Å². The third kappa shape index (κ3) is 8.85. The fourth-order valence-electron chi connectivity index (χ4n) is 5.65. The molecular formula is C37H43N3O7S. The lowest BCUT2D eigenvalue weighted by atomic mass is 10.0. The molecule has 1 aliphatic heterocycles. The molecule has 4 aromatic carbocycles. The SMILES string of the molecule is COc1ccc(S(=O)(=O)Nc2ccc3c(c2)CC(=O)N([C@@H](C)CO)C[C@@H](C)[C@H](CN(C)Cc2ccc(Oc4ccccc4)cc2)O3)cc1. The predicted molar refractivity (Wildman–Crippen MR) is 185 cm³/mol. The van der Waals surface area contributed by atoms with Crippen molar-refractivity contribution < 1.29 is 32.5 Å². The standard InChI is InChI=1S/C37H43N3O7S/c1-26-22-40(27(2)25-41)37(42)21-29-20-30(38-48(43,44)34-17-15-31(45-4)16-18-34)12-19-35(29)47-36(26)24-39(3)23-28-10-13-33(14-11-28)46-32-8-6-5-7-9-32/h5-20,26-27,36,38,41H,21-25H2,1-4H3/t26-,27+,36+/m1/s1. The van der Waals surface area contributed by atoms with Crippen LogP contribution in [0.4, 0.5) is 5.69 Å². The summed E-state index contributed by atoms with van der Waals surface area (Å²) < 4.78 is 46.7. The molecule has 0 aromatic heterocycles. The Labute approximate surface area is 282 Å². The smallest absolute Gasteiger partial charge is 0.261 e. The molecule has 1 heterocycles. The highest BCUT2D eigenvalue weighted by Crippen LogP contribution is 2.31. The number of nitrogens with one attached hydrogen (secondary N) is 1. The van der Waals surface area contributed by atoms with Crippen LogP contribution in [0.1, 0.15) is 25.0 Å². The highest BCUT2D eigenvalue weighted by Gasteiger charge is 2.31. The summed E-state index contributed by atoms with van der Waals surface area (Å²) in [5.74, 6) is 2.34. The molecule has 0 fully saturated rings. The zero-order valence-corrected chi connectivity index (χ0v) is 28.5. The number of methoxy groups -OCH3 is 1. The van der Waals surface area contributed by atoms with Gasteiger partial charge < -0.3 is 24.2 Å². The lowest BCUT2D eigenvalue weighted by Gasteiger charge is -2.34. The summed E-state index contributed by atoms with van der Waals surface area (Å²) in [4.78, 5) is 17.6. The zero-order chi connectivity index (χ0) is 34.3. The van der Waals surface area contributed by atoms with E-state index in [9.17, 15) is 18.3 Å². The molecule has 0 saturated carbocycles. The summed E-state index contributed by atoms with van der Waals surface area (Å²) in [6.45, 7) is 5.30. The van der Waals surface area contributed by atoms with Gasteiger partial charge in [0.05, 0.1) is 31.1 Å². The maximum Gasteiger partial charge on any atom is 0.261 e. The van der Waals surface area contributed by atoms with Crippen molar-refractivity contribution in [3.8, 4) is 23.0 Å². The van der Waals surface area contributed by atoms with Crippen LogP contribution < -0.4 is 18.9 Å². The molecule has 2 N–H and O–H groups in total. The molecule has 0 spiro atoms. The van der Waals surface area contributed by atoms with Crippen molar-refractivity contribution in [3.63, 3.8) is 0 Å². The van der Waals surface area contributed by atoms with Crippen LogP contribution in [-0.4, -0.2) is 75.2 Å². The van der Waals surface area contributed by atoms with Crippen LogP contribution >= 0.6 is 0 Å². The lowest BCUT2D eigenvalue weighted by molar-refractivity contribution is -0.134.